The zero-order valence-corrected chi connectivity index (χ0v) is 10.3. The van der Waals surface area contributed by atoms with Gasteiger partial charge in [0.15, 0.2) is 0 Å². The molecule has 2 aromatic carbocycles. The maximum atomic E-state index is 11.9. The topological polar surface area (TPSA) is 72.2 Å². The molecular formula is C15H14N2O2. The summed E-state index contributed by atoms with van der Waals surface area (Å²) in [5, 5.41) is 2.76. The van der Waals surface area contributed by atoms with Gasteiger partial charge in [-0.2, -0.15) is 0 Å². The lowest BCUT2D eigenvalue weighted by molar-refractivity contribution is 0.0946. The predicted octanol–water partition coefficient (Wildman–Crippen LogP) is 1.72. The molecular weight excluding hydrogens is 240 g/mol. The van der Waals surface area contributed by atoms with Crippen LogP contribution in [0.25, 0.3) is 0 Å². The fourth-order valence-corrected chi connectivity index (χ4v) is 1.78. The number of amides is 2. The fourth-order valence-electron chi connectivity index (χ4n) is 1.78. The molecule has 2 amide bonds. The Labute approximate surface area is 111 Å². The van der Waals surface area contributed by atoms with E-state index in [4.69, 9.17) is 5.73 Å². The Balaban J connectivity index is 2.07. The van der Waals surface area contributed by atoms with Crippen LogP contribution < -0.4 is 11.1 Å². The summed E-state index contributed by atoms with van der Waals surface area (Å²) in [6.07, 6.45) is 0. The van der Waals surface area contributed by atoms with Crippen molar-refractivity contribution in [2.75, 3.05) is 0 Å². The number of carbonyl (C=O) groups excluding carboxylic acids is 2. The van der Waals surface area contributed by atoms with E-state index in [9.17, 15) is 9.59 Å². The molecule has 0 aliphatic carbocycles. The van der Waals surface area contributed by atoms with E-state index >= 15 is 0 Å². The molecule has 0 aromatic heterocycles. The molecule has 0 radical (unpaired) electrons. The molecule has 0 atom stereocenters. The van der Waals surface area contributed by atoms with Gasteiger partial charge in [-0.25, -0.2) is 0 Å². The minimum Gasteiger partial charge on any atom is -0.366 e. The van der Waals surface area contributed by atoms with Crippen LogP contribution in [0, 0.1) is 0 Å². The van der Waals surface area contributed by atoms with Gasteiger partial charge in [0, 0.05) is 17.7 Å². The van der Waals surface area contributed by atoms with Crippen LogP contribution in [0.5, 0.6) is 0 Å². The molecule has 2 rings (SSSR count). The van der Waals surface area contributed by atoms with Crippen LogP contribution in [0.1, 0.15) is 26.3 Å². The third kappa shape index (κ3) is 3.19. The maximum Gasteiger partial charge on any atom is 0.251 e. The van der Waals surface area contributed by atoms with E-state index in [-0.39, 0.29) is 12.5 Å². The third-order valence-corrected chi connectivity index (χ3v) is 2.76. The smallest absolute Gasteiger partial charge is 0.251 e. The monoisotopic (exact) mass is 254 g/mol. The molecule has 0 heterocycles. The zero-order chi connectivity index (χ0) is 13.7. The van der Waals surface area contributed by atoms with Gasteiger partial charge in [-0.15, -0.1) is 0 Å². The Kier molecular flexibility index (Phi) is 3.93. The lowest BCUT2D eigenvalue weighted by atomic mass is 10.1. The van der Waals surface area contributed by atoms with Crippen molar-refractivity contribution >= 4 is 11.8 Å². The first-order chi connectivity index (χ1) is 9.18. The molecule has 0 bridgehead atoms. The zero-order valence-electron chi connectivity index (χ0n) is 10.3. The van der Waals surface area contributed by atoms with Crippen molar-refractivity contribution in [2.24, 2.45) is 5.73 Å². The molecule has 96 valence electrons. The molecule has 0 aliphatic rings. The molecule has 4 nitrogen and oxygen atoms in total. The largest absolute Gasteiger partial charge is 0.366 e. The second-order valence-electron chi connectivity index (χ2n) is 4.07. The normalized spacial score (nSPS) is 9.89. The molecule has 0 spiro atoms. The van der Waals surface area contributed by atoms with Crippen LogP contribution in [0.15, 0.2) is 54.6 Å². The molecule has 0 aliphatic heterocycles. The first-order valence-corrected chi connectivity index (χ1v) is 5.89. The average Bonchev–Trinajstić information content (AvgIpc) is 2.46. The van der Waals surface area contributed by atoms with E-state index in [2.05, 4.69) is 5.32 Å². The summed E-state index contributed by atoms with van der Waals surface area (Å²) in [5.74, 6) is -0.676. The van der Waals surface area contributed by atoms with Crippen molar-refractivity contribution < 1.29 is 9.59 Å². The Hall–Kier alpha value is -2.62. The number of rotatable bonds is 4. The summed E-state index contributed by atoms with van der Waals surface area (Å²) >= 11 is 0. The molecule has 0 saturated carbocycles. The van der Waals surface area contributed by atoms with Crippen molar-refractivity contribution in [3.8, 4) is 0 Å². The Bertz CT molecular complexity index is 594. The summed E-state index contributed by atoms with van der Waals surface area (Å²) in [5.41, 5.74) is 7.00. The van der Waals surface area contributed by atoms with Crippen molar-refractivity contribution in [1.82, 2.24) is 5.32 Å². The molecule has 19 heavy (non-hydrogen) atoms. The molecule has 2 aromatic rings. The van der Waals surface area contributed by atoms with Gasteiger partial charge in [0.05, 0.1) is 0 Å². The summed E-state index contributed by atoms with van der Waals surface area (Å²) in [7, 11) is 0. The quantitative estimate of drug-likeness (QED) is 0.871. The van der Waals surface area contributed by atoms with Gasteiger partial charge in [0.1, 0.15) is 0 Å². The van der Waals surface area contributed by atoms with Crippen LogP contribution in [-0.4, -0.2) is 11.8 Å². The van der Waals surface area contributed by atoms with Crippen LogP contribution in [0.3, 0.4) is 0 Å². The van der Waals surface area contributed by atoms with E-state index < -0.39 is 5.91 Å². The van der Waals surface area contributed by atoms with Crippen LogP contribution in [0.2, 0.25) is 0 Å². The summed E-state index contributed by atoms with van der Waals surface area (Å²) in [6.45, 7) is 0.271. The van der Waals surface area contributed by atoms with Gasteiger partial charge in [-0.05, 0) is 23.8 Å². The van der Waals surface area contributed by atoms with Crippen LogP contribution in [-0.2, 0) is 6.54 Å². The summed E-state index contributed by atoms with van der Waals surface area (Å²) in [6, 6.07) is 15.9. The van der Waals surface area contributed by atoms with E-state index in [0.717, 1.165) is 0 Å². The minimum atomic E-state index is -0.496. The number of hydrogen-bond donors (Lipinski definition) is 2. The van der Waals surface area contributed by atoms with Crippen molar-refractivity contribution in [3.63, 3.8) is 0 Å². The van der Waals surface area contributed by atoms with Crippen molar-refractivity contribution in [1.29, 1.82) is 0 Å². The molecule has 3 N–H and O–H groups in total. The number of benzene rings is 2. The molecule has 4 heteroatoms. The summed E-state index contributed by atoms with van der Waals surface area (Å²) < 4.78 is 0. The second-order valence-corrected chi connectivity index (χ2v) is 4.07. The van der Waals surface area contributed by atoms with Crippen LogP contribution in [0.4, 0.5) is 0 Å². The lowest BCUT2D eigenvalue weighted by Gasteiger charge is -2.08. The highest BCUT2D eigenvalue weighted by atomic mass is 16.2. The number of hydrogen-bond acceptors (Lipinski definition) is 2. The van der Waals surface area contributed by atoms with Gasteiger partial charge in [-0.1, -0.05) is 36.4 Å². The third-order valence-electron chi connectivity index (χ3n) is 2.76. The highest BCUT2D eigenvalue weighted by Crippen LogP contribution is 2.08. The minimum absolute atomic E-state index is 0.181. The highest BCUT2D eigenvalue weighted by Gasteiger charge is 2.09. The lowest BCUT2D eigenvalue weighted by Crippen LogP contribution is -2.24. The number of primary amides is 1. The standard InChI is InChI=1S/C15H14N2O2/c16-14(18)13-9-5-4-8-12(13)10-17-15(19)11-6-2-1-3-7-11/h1-9H,10H2,(H2,16,18)(H,17,19). The Morgan fingerprint density at radius 1 is 0.947 bits per heavy atom. The molecule has 0 fully saturated rings. The van der Waals surface area contributed by atoms with Crippen LogP contribution >= 0.6 is 0 Å². The SMILES string of the molecule is NC(=O)c1ccccc1CNC(=O)c1ccccc1. The van der Waals surface area contributed by atoms with E-state index in [1.54, 1.807) is 48.5 Å². The van der Waals surface area contributed by atoms with Crippen molar-refractivity contribution in [3.05, 3.63) is 71.3 Å². The predicted molar refractivity (Wildman–Crippen MR) is 72.6 cm³/mol. The number of nitrogens with one attached hydrogen (secondary N) is 1. The average molecular weight is 254 g/mol. The summed E-state index contributed by atoms with van der Waals surface area (Å²) in [4.78, 5) is 23.1. The molecule has 0 unspecified atom stereocenters. The first-order valence-electron chi connectivity index (χ1n) is 5.89. The van der Waals surface area contributed by atoms with Gasteiger partial charge in [0.25, 0.3) is 5.91 Å². The van der Waals surface area contributed by atoms with Gasteiger partial charge < -0.3 is 11.1 Å². The van der Waals surface area contributed by atoms with Gasteiger partial charge in [0.2, 0.25) is 5.91 Å². The second kappa shape index (κ2) is 5.82. The highest BCUT2D eigenvalue weighted by molar-refractivity contribution is 5.95. The number of carbonyl (C=O) groups is 2. The van der Waals surface area contributed by atoms with E-state index in [1.165, 1.54) is 0 Å². The first kappa shape index (κ1) is 12.8. The Morgan fingerprint density at radius 3 is 2.26 bits per heavy atom. The maximum absolute atomic E-state index is 11.9. The van der Waals surface area contributed by atoms with E-state index in [0.29, 0.717) is 16.7 Å². The van der Waals surface area contributed by atoms with Crippen molar-refractivity contribution in [2.45, 2.75) is 6.54 Å². The fraction of sp³-hybridized carbons (Fsp3) is 0.0667. The Morgan fingerprint density at radius 2 is 1.58 bits per heavy atom. The molecule has 0 saturated heterocycles. The van der Waals surface area contributed by atoms with E-state index in [1.807, 2.05) is 6.07 Å². The van der Waals surface area contributed by atoms with Gasteiger partial charge >= 0.3 is 0 Å². The van der Waals surface area contributed by atoms with Gasteiger partial charge in [-0.3, -0.25) is 9.59 Å². The number of nitrogens with two attached hydrogens (primary N) is 1.